The van der Waals surface area contributed by atoms with Gasteiger partial charge in [0.1, 0.15) is 5.82 Å². The lowest BCUT2D eigenvalue weighted by atomic mass is 9.99. The van der Waals surface area contributed by atoms with Crippen molar-refractivity contribution in [3.05, 3.63) is 18.2 Å². The Morgan fingerprint density at radius 2 is 2.27 bits per heavy atom. The molecule has 3 rings (SSSR count). The third kappa shape index (κ3) is 3.87. The zero-order chi connectivity index (χ0) is 15.4. The maximum atomic E-state index is 12.2. The van der Waals surface area contributed by atoms with Crippen LogP contribution in [0.2, 0.25) is 0 Å². The van der Waals surface area contributed by atoms with Gasteiger partial charge in [-0.25, -0.2) is 4.98 Å². The van der Waals surface area contributed by atoms with Crippen molar-refractivity contribution in [3.63, 3.8) is 0 Å². The van der Waals surface area contributed by atoms with E-state index in [4.69, 9.17) is 4.74 Å². The molecule has 22 heavy (non-hydrogen) atoms. The number of amides is 1. The standard InChI is InChI=1S/C16H26N4O2/c1-18(6-4-16(21)19-8-10-22-11-9-19)12-14-2-3-15-17-5-7-20(15)13-14/h5,7,14H,2-4,6,8-13H2,1H3/t14-/m0/s1. The lowest BCUT2D eigenvalue weighted by Crippen LogP contribution is -2.42. The number of rotatable bonds is 5. The van der Waals surface area contributed by atoms with Crippen molar-refractivity contribution in [1.29, 1.82) is 0 Å². The maximum Gasteiger partial charge on any atom is 0.224 e. The molecule has 0 aliphatic carbocycles. The number of nitrogens with zero attached hydrogens (tertiary/aromatic N) is 4. The van der Waals surface area contributed by atoms with Gasteiger partial charge in [0.05, 0.1) is 13.2 Å². The number of hydrogen-bond donors (Lipinski definition) is 0. The molecule has 1 amide bonds. The van der Waals surface area contributed by atoms with Crippen LogP contribution in [-0.4, -0.2) is 71.7 Å². The van der Waals surface area contributed by atoms with E-state index in [9.17, 15) is 4.79 Å². The molecule has 0 bridgehead atoms. The first-order valence-electron chi connectivity index (χ1n) is 8.26. The average molecular weight is 306 g/mol. The predicted octanol–water partition coefficient (Wildman–Crippen LogP) is 0.626. The van der Waals surface area contributed by atoms with Crippen molar-refractivity contribution in [2.24, 2.45) is 5.92 Å². The van der Waals surface area contributed by atoms with Gasteiger partial charge in [0, 0.05) is 58.0 Å². The van der Waals surface area contributed by atoms with Gasteiger partial charge in [0.15, 0.2) is 0 Å². The van der Waals surface area contributed by atoms with E-state index in [1.807, 2.05) is 11.1 Å². The zero-order valence-electron chi connectivity index (χ0n) is 13.4. The molecular weight excluding hydrogens is 280 g/mol. The Bertz CT molecular complexity index is 496. The third-order valence-electron chi connectivity index (χ3n) is 4.67. The molecule has 1 atom stereocenters. The van der Waals surface area contributed by atoms with Crippen molar-refractivity contribution in [2.75, 3.05) is 46.4 Å². The molecule has 0 saturated carbocycles. The van der Waals surface area contributed by atoms with Crippen LogP contribution < -0.4 is 0 Å². The second-order valence-electron chi connectivity index (χ2n) is 6.41. The van der Waals surface area contributed by atoms with Crippen molar-refractivity contribution in [2.45, 2.75) is 25.8 Å². The van der Waals surface area contributed by atoms with Gasteiger partial charge in [-0.2, -0.15) is 0 Å². The van der Waals surface area contributed by atoms with Crippen LogP contribution >= 0.6 is 0 Å². The van der Waals surface area contributed by atoms with Gasteiger partial charge in [-0.3, -0.25) is 4.79 Å². The number of aryl methyl sites for hydroxylation is 1. The smallest absolute Gasteiger partial charge is 0.224 e. The van der Waals surface area contributed by atoms with E-state index >= 15 is 0 Å². The SMILES string of the molecule is CN(CCC(=O)N1CCOCC1)C[C@@H]1CCc2nccn2C1. The monoisotopic (exact) mass is 306 g/mol. The largest absolute Gasteiger partial charge is 0.378 e. The van der Waals surface area contributed by atoms with Crippen LogP contribution in [0.4, 0.5) is 0 Å². The van der Waals surface area contributed by atoms with E-state index in [0.29, 0.717) is 25.6 Å². The number of morpholine rings is 1. The molecule has 0 spiro atoms. The zero-order valence-corrected chi connectivity index (χ0v) is 13.4. The summed E-state index contributed by atoms with van der Waals surface area (Å²) in [6.45, 7) is 5.78. The summed E-state index contributed by atoms with van der Waals surface area (Å²) < 4.78 is 7.55. The molecule has 2 aliphatic heterocycles. The Kier molecular flexibility index (Phi) is 5.10. The molecule has 1 fully saturated rings. The molecule has 1 aromatic heterocycles. The summed E-state index contributed by atoms with van der Waals surface area (Å²) in [5.41, 5.74) is 0. The number of aromatic nitrogens is 2. The summed E-state index contributed by atoms with van der Waals surface area (Å²) in [7, 11) is 2.12. The predicted molar refractivity (Wildman–Crippen MR) is 83.6 cm³/mol. The molecule has 122 valence electrons. The Balaban J connectivity index is 1.39. The van der Waals surface area contributed by atoms with E-state index in [1.165, 1.54) is 12.2 Å². The van der Waals surface area contributed by atoms with Gasteiger partial charge in [-0.05, 0) is 19.4 Å². The highest BCUT2D eigenvalue weighted by atomic mass is 16.5. The van der Waals surface area contributed by atoms with Crippen molar-refractivity contribution >= 4 is 5.91 Å². The number of hydrogen-bond acceptors (Lipinski definition) is 4. The molecule has 0 radical (unpaired) electrons. The van der Waals surface area contributed by atoms with E-state index in [2.05, 4.69) is 27.7 Å². The van der Waals surface area contributed by atoms with Crippen molar-refractivity contribution < 1.29 is 9.53 Å². The molecule has 1 aromatic rings. The lowest BCUT2D eigenvalue weighted by molar-refractivity contribution is -0.135. The molecule has 0 unspecified atom stereocenters. The van der Waals surface area contributed by atoms with E-state index in [1.54, 1.807) is 0 Å². The molecule has 6 nitrogen and oxygen atoms in total. The minimum absolute atomic E-state index is 0.260. The van der Waals surface area contributed by atoms with Crippen LogP contribution in [0.5, 0.6) is 0 Å². The van der Waals surface area contributed by atoms with Gasteiger partial charge in [-0.1, -0.05) is 0 Å². The lowest BCUT2D eigenvalue weighted by Gasteiger charge is -2.30. The molecular formula is C16H26N4O2. The maximum absolute atomic E-state index is 12.2. The van der Waals surface area contributed by atoms with Gasteiger partial charge in [0.2, 0.25) is 5.91 Å². The summed E-state index contributed by atoms with van der Waals surface area (Å²) in [5, 5.41) is 0. The summed E-state index contributed by atoms with van der Waals surface area (Å²) in [6, 6.07) is 0. The van der Waals surface area contributed by atoms with Crippen molar-refractivity contribution in [1.82, 2.24) is 19.4 Å². The Labute approximate surface area is 132 Å². The van der Waals surface area contributed by atoms with Crippen LogP contribution in [0, 0.1) is 5.92 Å². The summed E-state index contributed by atoms with van der Waals surface area (Å²) >= 11 is 0. The first-order chi connectivity index (χ1) is 10.7. The fourth-order valence-corrected chi connectivity index (χ4v) is 3.38. The fraction of sp³-hybridized carbons (Fsp3) is 0.750. The van der Waals surface area contributed by atoms with Gasteiger partial charge in [0.25, 0.3) is 0 Å². The third-order valence-corrected chi connectivity index (χ3v) is 4.67. The number of carbonyl (C=O) groups is 1. The summed E-state index contributed by atoms with van der Waals surface area (Å²) in [5.74, 6) is 2.13. The molecule has 0 N–H and O–H groups in total. The minimum Gasteiger partial charge on any atom is -0.378 e. The number of ether oxygens (including phenoxy) is 1. The van der Waals surface area contributed by atoms with Gasteiger partial charge in [-0.15, -0.1) is 0 Å². The first-order valence-corrected chi connectivity index (χ1v) is 8.26. The molecule has 6 heteroatoms. The highest BCUT2D eigenvalue weighted by molar-refractivity contribution is 5.76. The second-order valence-corrected chi connectivity index (χ2v) is 6.41. The summed E-state index contributed by atoms with van der Waals surface area (Å²) in [6.07, 6.45) is 6.84. The van der Waals surface area contributed by atoms with E-state index < -0.39 is 0 Å². The van der Waals surface area contributed by atoms with Crippen LogP contribution in [0.25, 0.3) is 0 Å². The highest BCUT2D eigenvalue weighted by Gasteiger charge is 2.21. The van der Waals surface area contributed by atoms with Crippen LogP contribution in [0.15, 0.2) is 12.4 Å². The number of fused-ring (bicyclic) bond motifs is 1. The number of carbonyl (C=O) groups excluding carboxylic acids is 1. The van der Waals surface area contributed by atoms with Crippen LogP contribution in [0.1, 0.15) is 18.7 Å². The van der Waals surface area contributed by atoms with Crippen LogP contribution in [-0.2, 0) is 22.5 Å². The molecule has 3 heterocycles. The Morgan fingerprint density at radius 3 is 3.09 bits per heavy atom. The molecule has 1 saturated heterocycles. The van der Waals surface area contributed by atoms with Crippen molar-refractivity contribution in [3.8, 4) is 0 Å². The van der Waals surface area contributed by atoms with Gasteiger partial charge < -0.3 is 19.1 Å². The molecule has 2 aliphatic rings. The minimum atomic E-state index is 0.260. The topological polar surface area (TPSA) is 50.6 Å². The Morgan fingerprint density at radius 1 is 1.45 bits per heavy atom. The normalized spacial score (nSPS) is 21.9. The second kappa shape index (κ2) is 7.24. The van der Waals surface area contributed by atoms with Crippen LogP contribution in [0.3, 0.4) is 0 Å². The molecule has 0 aromatic carbocycles. The quantitative estimate of drug-likeness (QED) is 0.800. The fourth-order valence-electron chi connectivity index (χ4n) is 3.38. The van der Waals surface area contributed by atoms with Gasteiger partial charge >= 0.3 is 0 Å². The Hall–Kier alpha value is -1.40. The van der Waals surface area contributed by atoms with E-state index in [0.717, 1.165) is 39.1 Å². The highest BCUT2D eigenvalue weighted by Crippen LogP contribution is 2.19. The summed E-state index contributed by atoms with van der Waals surface area (Å²) in [4.78, 5) is 20.7. The number of imidazole rings is 1. The van der Waals surface area contributed by atoms with E-state index in [-0.39, 0.29) is 5.91 Å². The average Bonchev–Trinajstić information content (AvgIpc) is 3.01. The first kappa shape index (κ1) is 15.5.